The van der Waals surface area contributed by atoms with Crippen LogP contribution in [0.1, 0.15) is 41.9 Å². The molecule has 6 heteroatoms. The van der Waals surface area contributed by atoms with Gasteiger partial charge in [0.05, 0.1) is 35.3 Å². The Morgan fingerprint density at radius 2 is 1.79 bits per heavy atom. The van der Waals surface area contributed by atoms with Crippen LogP contribution in [0.25, 0.3) is 5.69 Å². The van der Waals surface area contributed by atoms with Crippen LogP contribution in [0, 0.1) is 0 Å². The van der Waals surface area contributed by atoms with E-state index in [0.29, 0.717) is 22.5 Å². The maximum absolute atomic E-state index is 13.1. The van der Waals surface area contributed by atoms with Crippen LogP contribution in [0.2, 0.25) is 0 Å². The molecule has 0 spiro atoms. The number of rotatable bonds is 6. The van der Waals surface area contributed by atoms with Gasteiger partial charge in [-0.1, -0.05) is 43.7 Å². The number of benzene rings is 2. The van der Waals surface area contributed by atoms with Crippen LogP contribution in [0.4, 0.5) is 5.69 Å². The fourth-order valence-corrected chi connectivity index (χ4v) is 3.14. The summed E-state index contributed by atoms with van der Waals surface area (Å²) in [6, 6.07) is 16.4. The van der Waals surface area contributed by atoms with Crippen molar-refractivity contribution < 1.29 is 9.53 Å². The van der Waals surface area contributed by atoms with Crippen LogP contribution in [0.5, 0.6) is 0 Å². The van der Waals surface area contributed by atoms with Crippen LogP contribution in [0.3, 0.4) is 0 Å². The second-order valence-electron chi connectivity index (χ2n) is 6.40. The quantitative estimate of drug-likeness (QED) is 0.520. The lowest BCUT2D eigenvalue weighted by Crippen LogP contribution is -2.19. The summed E-state index contributed by atoms with van der Waals surface area (Å²) >= 11 is 0. The number of hydrogen-bond donors (Lipinski definition) is 1. The first-order valence-electron chi connectivity index (χ1n) is 9.19. The lowest BCUT2D eigenvalue weighted by molar-refractivity contribution is 0.0601. The number of aliphatic imine (C=N–C) groups is 1. The molecule has 0 fully saturated rings. The number of carbonyl (C=O) groups excluding carboxylic acids is 1. The van der Waals surface area contributed by atoms with E-state index in [4.69, 9.17) is 4.74 Å². The van der Waals surface area contributed by atoms with Crippen molar-refractivity contribution in [3.8, 4) is 5.69 Å². The highest BCUT2D eigenvalue weighted by Crippen LogP contribution is 2.21. The number of ether oxygens (including phenoxy) is 1. The van der Waals surface area contributed by atoms with E-state index in [1.54, 1.807) is 31.2 Å². The first kappa shape index (κ1) is 19.4. The largest absolute Gasteiger partial charge is 0.465 e. The number of nitrogens with one attached hydrogen (secondary N) is 1. The summed E-state index contributed by atoms with van der Waals surface area (Å²) in [6.07, 6.45) is 1.60. The van der Waals surface area contributed by atoms with E-state index >= 15 is 0 Å². The Morgan fingerprint density at radius 1 is 1.11 bits per heavy atom. The van der Waals surface area contributed by atoms with Crippen molar-refractivity contribution in [2.45, 2.75) is 26.7 Å². The van der Waals surface area contributed by atoms with Crippen molar-refractivity contribution in [2.75, 3.05) is 7.11 Å². The molecule has 28 heavy (non-hydrogen) atoms. The molecule has 1 N–H and O–H groups in total. The Kier molecular flexibility index (Phi) is 5.89. The molecule has 0 aliphatic heterocycles. The SMILES string of the molecule is CCCc1[nH]n(-c2ccccc2)c(=O)c1C(C)=Nc1ccccc1C(=O)OC. The highest BCUT2D eigenvalue weighted by atomic mass is 16.5. The Morgan fingerprint density at radius 3 is 2.46 bits per heavy atom. The van der Waals surface area contributed by atoms with Gasteiger partial charge in [-0.15, -0.1) is 0 Å². The number of esters is 1. The van der Waals surface area contributed by atoms with Gasteiger partial charge in [0.1, 0.15) is 0 Å². The molecule has 0 atom stereocenters. The van der Waals surface area contributed by atoms with Crippen LogP contribution in [0.15, 0.2) is 64.4 Å². The number of H-pyrrole nitrogens is 1. The van der Waals surface area contributed by atoms with Crippen LogP contribution in [-0.4, -0.2) is 28.6 Å². The van der Waals surface area contributed by atoms with Crippen molar-refractivity contribution in [3.05, 3.63) is 81.8 Å². The second kappa shape index (κ2) is 8.52. The number of para-hydroxylation sites is 2. The minimum absolute atomic E-state index is 0.161. The molecular weight excluding hydrogens is 354 g/mol. The maximum atomic E-state index is 13.1. The van der Waals surface area contributed by atoms with E-state index in [0.717, 1.165) is 24.2 Å². The van der Waals surface area contributed by atoms with Crippen LogP contribution < -0.4 is 5.56 Å². The zero-order valence-electron chi connectivity index (χ0n) is 16.2. The van der Waals surface area contributed by atoms with E-state index in [1.807, 2.05) is 30.3 Å². The third-order valence-corrected chi connectivity index (χ3v) is 4.44. The molecule has 0 bridgehead atoms. The fourth-order valence-electron chi connectivity index (χ4n) is 3.14. The van der Waals surface area contributed by atoms with Gasteiger partial charge in [0, 0.05) is 5.69 Å². The highest BCUT2D eigenvalue weighted by Gasteiger charge is 2.18. The molecule has 0 saturated carbocycles. The van der Waals surface area contributed by atoms with Crippen molar-refractivity contribution in [1.82, 2.24) is 9.78 Å². The molecule has 0 saturated heterocycles. The van der Waals surface area contributed by atoms with Gasteiger partial charge in [0.15, 0.2) is 0 Å². The van der Waals surface area contributed by atoms with Gasteiger partial charge in [0.25, 0.3) is 5.56 Å². The number of aromatic amines is 1. The molecule has 0 unspecified atom stereocenters. The van der Waals surface area contributed by atoms with Crippen molar-refractivity contribution >= 4 is 17.4 Å². The first-order valence-corrected chi connectivity index (χ1v) is 9.19. The molecule has 0 aliphatic carbocycles. The smallest absolute Gasteiger partial charge is 0.340 e. The van der Waals surface area contributed by atoms with Gasteiger partial charge in [-0.3, -0.25) is 14.9 Å². The fraction of sp³-hybridized carbons (Fsp3) is 0.227. The van der Waals surface area contributed by atoms with Crippen molar-refractivity contribution in [1.29, 1.82) is 0 Å². The van der Waals surface area contributed by atoms with Crippen molar-refractivity contribution in [2.24, 2.45) is 4.99 Å². The Hall–Kier alpha value is -3.41. The molecule has 3 rings (SSSR count). The average Bonchev–Trinajstić information content (AvgIpc) is 3.04. The molecule has 0 radical (unpaired) electrons. The summed E-state index contributed by atoms with van der Waals surface area (Å²) in [5.41, 5.74) is 3.35. The summed E-state index contributed by atoms with van der Waals surface area (Å²) in [7, 11) is 1.33. The van der Waals surface area contributed by atoms with Gasteiger partial charge >= 0.3 is 5.97 Å². The monoisotopic (exact) mass is 377 g/mol. The maximum Gasteiger partial charge on any atom is 0.340 e. The number of carbonyl (C=O) groups is 1. The third kappa shape index (κ3) is 3.81. The second-order valence-corrected chi connectivity index (χ2v) is 6.40. The minimum Gasteiger partial charge on any atom is -0.465 e. The molecule has 0 amide bonds. The van der Waals surface area contributed by atoms with Gasteiger partial charge < -0.3 is 4.74 Å². The molecule has 6 nitrogen and oxygen atoms in total. The molecule has 2 aromatic carbocycles. The zero-order chi connectivity index (χ0) is 20.1. The predicted molar refractivity (Wildman–Crippen MR) is 110 cm³/mol. The minimum atomic E-state index is -0.461. The third-order valence-electron chi connectivity index (χ3n) is 4.44. The molecule has 1 heterocycles. The van der Waals surface area contributed by atoms with E-state index in [9.17, 15) is 9.59 Å². The summed E-state index contributed by atoms with van der Waals surface area (Å²) in [5.74, 6) is -0.461. The molecule has 0 aliphatic rings. The van der Waals surface area contributed by atoms with Gasteiger partial charge in [-0.2, -0.15) is 0 Å². The molecule has 1 aromatic heterocycles. The molecule has 3 aromatic rings. The first-order chi connectivity index (χ1) is 13.6. The van der Waals surface area contributed by atoms with Gasteiger partial charge in [0.2, 0.25) is 0 Å². The number of aryl methyl sites for hydroxylation is 1. The molecule has 144 valence electrons. The summed E-state index contributed by atoms with van der Waals surface area (Å²) in [6.45, 7) is 3.84. The van der Waals surface area contributed by atoms with E-state index in [2.05, 4.69) is 17.0 Å². The van der Waals surface area contributed by atoms with Gasteiger partial charge in [-0.05, 0) is 37.6 Å². The number of nitrogens with zero attached hydrogens (tertiary/aromatic N) is 2. The summed E-state index contributed by atoms with van der Waals surface area (Å²) in [5, 5.41) is 3.21. The number of aromatic nitrogens is 2. The normalized spacial score (nSPS) is 11.5. The Labute approximate surface area is 163 Å². The van der Waals surface area contributed by atoms with Crippen molar-refractivity contribution in [3.63, 3.8) is 0 Å². The standard InChI is InChI=1S/C22H23N3O3/c1-4-10-19-20(21(26)25(24-19)16-11-6-5-7-12-16)15(2)23-18-14-9-8-13-17(18)22(27)28-3/h5-9,11-14,24H,4,10H2,1-3H3. The predicted octanol–water partition coefficient (Wildman–Crippen LogP) is 4.05. The molecular formula is C22H23N3O3. The number of hydrogen-bond acceptors (Lipinski definition) is 4. The summed E-state index contributed by atoms with van der Waals surface area (Å²) in [4.78, 5) is 29.7. The highest BCUT2D eigenvalue weighted by molar-refractivity contribution is 6.03. The Bertz CT molecular complexity index is 1060. The lowest BCUT2D eigenvalue weighted by atomic mass is 10.1. The zero-order valence-corrected chi connectivity index (χ0v) is 16.2. The average molecular weight is 377 g/mol. The van der Waals surface area contributed by atoms with Crippen LogP contribution in [-0.2, 0) is 11.2 Å². The lowest BCUT2D eigenvalue weighted by Gasteiger charge is -2.05. The van der Waals surface area contributed by atoms with E-state index in [-0.39, 0.29) is 5.56 Å². The Balaban J connectivity index is 2.13. The topological polar surface area (TPSA) is 76.5 Å². The number of methoxy groups -OCH3 is 1. The van der Waals surface area contributed by atoms with E-state index in [1.165, 1.54) is 11.8 Å². The van der Waals surface area contributed by atoms with E-state index < -0.39 is 5.97 Å². The van der Waals surface area contributed by atoms with Crippen LogP contribution >= 0.6 is 0 Å². The summed E-state index contributed by atoms with van der Waals surface area (Å²) < 4.78 is 6.37. The van der Waals surface area contributed by atoms with Gasteiger partial charge in [-0.25, -0.2) is 9.48 Å².